The van der Waals surface area contributed by atoms with Crippen molar-refractivity contribution >= 4 is 35.0 Å². The van der Waals surface area contributed by atoms with E-state index in [1.165, 1.54) is 24.3 Å². The molecule has 2 aromatic rings. The Morgan fingerprint density at radius 3 is 2.64 bits per heavy atom. The van der Waals surface area contributed by atoms with Crippen LogP contribution in [0.2, 0.25) is 0 Å². The van der Waals surface area contributed by atoms with Crippen LogP contribution < -0.4 is 4.74 Å². The average Bonchev–Trinajstić information content (AvgIpc) is 2.91. The van der Waals surface area contributed by atoms with Gasteiger partial charge in [0.25, 0.3) is 11.1 Å². The largest absolute Gasteiger partial charge is 0.493 e. The second-order valence-corrected chi connectivity index (χ2v) is 6.95. The van der Waals surface area contributed by atoms with Crippen LogP contribution in [0.3, 0.4) is 0 Å². The van der Waals surface area contributed by atoms with Crippen LogP contribution in [0.25, 0.3) is 6.08 Å². The first-order valence-electron chi connectivity index (χ1n) is 8.37. The van der Waals surface area contributed by atoms with Gasteiger partial charge in [-0.25, -0.2) is 4.39 Å². The SMILES string of the molecule is O=C(O)CCOc1cccc(/C=C2/SC(=O)N(Cc3ccc(F)cc3)C2=O)c1. The second-order valence-electron chi connectivity index (χ2n) is 5.96. The van der Waals surface area contributed by atoms with Gasteiger partial charge in [0.2, 0.25) is 0 Å². The number of hydrogen-bond donors (Lipinski definition) is 1. The van der Waals surface area contributed by atoms with Gasteiger partial charge in [-0.05, 0) is 53.2 Å². The Balaban J connectivity index is 1.70. The fourth-order valence-corrected chi connectivity index (χ4v) is 3.35. The van der Waals surface area contributed by atoms with Gasteiger partial charge < -0.3 is 9.84 Å². The molecule has 144 valence electrons. The van der Waals surface area contributed by atoms with Crippen LogP contribution in [0.1, 0.15) is 17.5 Å². The van der Waals surface area contributed by atoms with Crippen molar-refractivity contribution in [3.63, 3.8) is 0 Å². The van der Waals surface area contributed by atoms with E-state index in [0.29, 0.717) is 16.9 Å². The summed E-state index contributed by atoms with van der Waals surface area (Å²) in [6, 6.07) is 12.4. The molecule has 1 aliphatic heterocycles. The highest BCUT2D eigenvalue weighted by Crippen LogP contribution is 2.33. The molecule has 0 bridgehead atoms. The van der Waals surface area contributed by atoms with E-state index in [-0.39, 0.29) is 30.3 Å². The van der Waals surface area contributed by atoms with Crippen molar-refractivity contribution in [1.82, 2.24) is 4.90 Å². The fourth-order valence-electron chi connectivity index (χ4n) is 2.51. The Kier molecular flexibility index (Phi) is 6.10. The summed E-state index contributed by atoms with van der Waals surface area (Å²) in [5.41, 5.74) is 1.30. The zero-order chi connectivity index (χ0) is 20.1. The van der Waals surface area contributed by atoms with E-state index in [1.54, 1.807) is 30.3 Å². The summed E-state index contributed by atoms with van der Waals surface area (Å²) in [6.07, 6.45) is 1.46. The Labute approximate surface area is 164 Å². The molecule has 3 rings (SSSR count). The number of carboxylic acids is 1. The number of benzene rings is 2. The third-order valence-corrected chi connectivity index (χ3v) is 4.78. The smallest absolute Gasteiger partial charge is 0.306 e. The van der Waals surface area contributed by atoms with Gasteiger partial charge in [-0.3, -0.25) is 19.3 Å². The molecule has 0 saturated carbocycles. The van der Waals surface area contributed by atoms with Crippen LogP contribution >= 0.6 is 11.8 Å². The predicted octanol–water partition coefficient (Wildman–Crippen LogP) is 3.92. The van der Waals surface area contributed by atoms with Crippen molar-refractivity contribution in [2.75, 3.05) is 6.61 Å². The number of halogens is 1. The van der Waals surface area contributed by atoms with Crippen molar-refractivity contribution in [2.24, 2.45) is 0 Å². The highest BCUT2D eigenvalue weighted by molar-refractivity contribution is 8.18. The van der Waals surface area contributed by atoms with Crippen LogP contribution in [0.15, 0.2) is 53.4 Å². The highest BCUT2D eigenvalue weighted by atomic mass is 32.2. The number of thioether (sulfide) groups is 1. The van der Waals surface area contributed by atoms with E-state index in [2.05, 4.69) is 0 Å². The standard InChI is InChI=1S/C20H16FNO5S/c21-15-6-4-13(5-7-15)12-22-19(25)17(28-20(22)26)11-14-2-1-3-16(10-14)27-9-8-18(23)24/h1-7,10-11H,8-9,12H2,(H,23,24)/b17-11+. The van der Waals surface area contributed by atoms with Crippen LogP contribution in [0, 0.1) is 5.82 Å². The number of rotatable bonds is 7. The number of carbonyl (C=O) groups excluding carboxylic acids is 2. The minimum atomic E-state index is -0.953. The molecule has 0 atom stereocenters. The molecule has 28 heavy (non-hydrogen) atoms. The van der Waals surface area contributed by atoms with E-state index in [1.807, 2.05) is 0 Å². The van der Waals surface area contributed by atoms with Gasteiger partial charge in [0.05, 0.1) is 24.5 Å². The van der Waals surface area contributed by atoms with E-state index in [4.69, 9.17) is 9.84 Å². The minimum absolute atomic E-state index is 0.0347. The number of aliphatic carboxylic acids is 1. The molecular weight excluding hydrogens is 385 g/mol. The minimum Gasteiger partial charge on any atom is -0.493 e. The lowest BCUT2D eigenvalue weighted by Crippen LogP contribution is -2.27. The third-order valence-electron chi connectivity index (χ3n) is 3.87. The molecule has 6 nitrogen and oxygen atoms in total. The van der Waals surface area contributed by atoms with Crippen LogP contribution in [0.5, 0.6) is 5.75 Å². The average molecular weight is 401 g/mol. The van der Waals surface area contributed by atoms with E-state index in [0.717, 1.165) is 16.7 Å². The van der Waals surface area contributed by atoms with E-state index < -0.39 is 17.1 Å². The molecule has 0 aliphatic carbocycles. The lowest BCUT2D eigenvalue weighted by molar-refractivity contribution is -0.137. The van der Waals surface area contributed by atoms with Gasteiger partial charge in [-0.2, -0.15) is 0 Å². The summed E-state index contributed by atoms with van der Waals surface area (Å²) >= 11 is 0.833. The van der Waals surface area contributed by atoms with Gasteiger partial charge in [0.15, 0.2) is 0 Å². The number of amides is 2. The highest BCUT2D eigenvalue weighted by Gasteiger charge is 2.34. The molecular formula is C20H16FNO5S. The number of ether oxygens (including phenoxy) is 1. The van der Waals surface area contributed by atoms with Gasteiger partial charge in [0, 0.05) is 0 Å². The Bertz CT molecular complexity index is 942. The molecule has 1 aliphatic rings. The first-order chi connectivity index (χ1) is 13.4. The quantitative estimate of drug-likeness (QED) is 0.708. The Morgan fingerprint density at radius 1 is 1.18 bits per heavy atom. The molecule has 0 unspecified atom stereocenters. The maximum absolute atomic E-state index is 13.0. The molecule has 1 saturated heterocycles. The molecule has 1 fully saturated rings. The third kappa shape index (κ3) is 4.98. The predicted molar refractivity (Wildman–Crippen MR) is 102 cm³/mol. The van der Waals surface area contributed by atoms with Crippen molar-refractivity contribution in [2.45, 2.75) is 13.0 Å². The van der Waals surface area contributed by atoms with Crippen molar-refractivity contribution in [3.8, 4) is 5.75 Å². The monoisotopic (exact) mass is 401 g/mol. The molecule has 0 spiro atoms. The summed E-state index contributed by atoms with van der Waals surface area (Å²) in [5.74, 6) is -1.29. The normalized spacial score (nSPS) is 15.3. The van der Waals surface area contributed by atoms with Crippen molar-refractivity contribution < 1.29 is 28.6 Å². The lowest BCUT2D eigenvalue weighted by Gasteiger charge is -2.12. The molecule has 1 N–H and O–H groups in total. The van der Waals surface area contributed by atoms with Gasteiger partial charge in [0.1, 0.15) is 11.6 Å². The number of carboxylic acid groups (broad SMARTS) is 1. The summed E-state index contributed by atoms with van der Waals surface area (Å²) in [6.45, 7) is 0.105. The molecule has 8 heteroatoms. The van der Waals surface area contributed by atoms with Crippen molar-refractivity contribution in [3.05, 3.63) is 70.4 Å². The molecule has 2 aromatic carbocycles. The maximum Gasteiger partial charge on any atom is 0.306 e. The first kappa shape index (κ1) is 19.6. The van der Waals surface area contributed by atoms with Crippen LogP contribution in [-0.2, 0) is 16.1 Å². The Hall–Kier alpha value is -3.13. The summed E-state index contributed by atoms with van der Waals surface area (Å²) in [4.78, 5) is 36.7. The van der Waals surface area contributed by atoms with Crippen LogP contribution in [-0.4, -0.2) is 33.7 Å². The zero-order valence-corrected chi connectivity index (χ0v) is 15.4. The molecule has 0 radical (unpaired) electrons. The summed E-state index contributed by atoms with van der Waals surface area (Å²) in [5, 5.41) is 8.25. The molecule has 1 heterocycles. The zero-order valence-electron chi connectivity index (χ0n) is 14.6. The van der Waals surface area contributed by atoms with E-state index >= 15 is 0 Å². The second kappa shape index (κ2) is 8.71. The number of carbonyl (C=O) groups is 3. The van der Waals surface area contributed by atoms with Crippen molar-refractivity contribution in [1.29, 1.82) is 0 Å². The maximum atomic E-state index is 13.0. The lowest BCUT2D eigenvalue weighted by atomic mass is 10.2. The summed E-state index contributed by atoms with van der Waals surface area (Å²) in [7, 11) is 0. The molecule has 2 amide bonds. The Morgan fingerprint density at radius 2 is 1.93 bits per heavy atom. The molecule has 0 aromatic heterocycles. The number of nitrogens with zero attached hydrogens (tertiary/aromatic N) is 1. The van der Waals surface area contributed by atoms with Gasteiger partial charge in [-0.1, -0.05) is 24.3 Å². The summed E-state index contributed by atoms with van der Waals surface area (Å²) < 4.78 is 18.4. The van der Waals surface area contributed by atoms with Gasteiger partial charge >= 0.3 is 5.97 Å². The fraction of sp³-hybridized carbons (Fsp3) is 0.150. The topological polar surface area (TPSA) is 83.9 Å². The van der Waals surface area contributed by atoms with Crippen LogP contribution in [0.4, 0.5) is 9.18 Å². The van der Waals surface area contributed by atoms with E-state index in [9.17, 15) is 18.8 Å². The van der Waals surface area contributed by atoms with Gasteiger partial charge in [-0.15, -0.1) is 0 Å². The first-order valence-corrected chi connectivity index (χ1v) is 9.18. The number of imide groups is 1. The number of hydrogen-bond acceptors (Lipinski definition) is 5.